The first-order valence-corrected chi connectivity index (χ1v) is 15.6. The fourth-order valence-corrected chi connectivity index (χ4v) is 8.39. The van der Waals surface area contributed by atoms with E-state index >= 15 is 0 Å². The minimum absolute atomic E-state index is 0.359. The van der Waals surface area contributed by atoms with E-state index in [4.69, 9.17) is 0 Å². The lowest BCUT2D eigenvalue weighted by Gasteiger charge is -2.39. The molecule has 1 spiro atoms. The molecule has 43 heavy (non-hydrogen) atoms. The normalized spacial score (nSPS) is 13.7. The van der Waals surface area contributed by atoms with Crippen LogP contribution >= 0.6 is 11.8 Å². The van der Waals surface area contributed by atoms with Crippen molar-refractivity contribution >= 4 is 33.9 Å². The van der Waals surface area contributed by atoms with Crippen LogP contribution in [0.5, 0.6) is 0 Å². The minimum atomic E-state index is -0.359. The van der Waals surface area contributed by atoms with Crippen molar-refractivity contribution in [1.82, 2.24) is 0 Å². The summed E-state index contributed by atoms with van der Waals surface area (Å²) >= 11 is 1.88. The van der Waals surface area contributed by atoms with Crippen molar-refractivity contribution in [3.05, 3.63) is 180 Å². The van der Waals surface area contributed by atoms with E-state index in [1.54, 1.807) is 0 Å². The smallest absolute Gasteiger partial charge is 0.0736 e. The molecule has 0 unspecified atom stereocenters. The Balaban J connectivity index is 1.14. The quantitative estimate of drug-likeness (QED) is 0.229. The number of hydrogen-bond acceptors (Lipinski definition) is 2. The van der Waals surface area contributed by atoms with E-state index in [-0.39, 0.29) is 5.41 Å². The molecular formula is C41H27NS. The molecule has 0 radical (unpaired) electrons. The second kappa shape index (κ2) is 9.49. The van der Waals surface area contributed by atoms with Crippen LogP contribution in [-0.2, 0) is 5.41 Å². The van der Waals surface area contributed by atoms with Crippen molar-refractivity contribution in [3.63, 3.8) is 0 Å². The number of hydrogen-bond donors (Lipinski definition) is 1. The molecule has 0 amide bonds. The Hall–Kier alpha value is -5.05. The van der Waals surface area contributed by atoms with E-state index in [1.807, 2.05) is 11.8 Å². The van der Waals surface area contributed by atoms with Crippen molar-refractivity contribution in [2.75, 3.05) is 5.32 Å². The van der Waals surface area contributed by atoms with Gasteiger partial charge in [-0.15, -0.1) is 0 Å². The summed E-state index contributed by atoms with van der Waals surface area (Å²) in [7, 11) is 0. The Bertz CT molecular complexity index is 2150. The van der Waals surface area contributed by atoms with E-state index in [0.29, 0.717) is 0 Å². The van der Waals surface area contributed by atoms with Gasteiger partial charge in [-0.3, -0.25) is 0 Å². The van der Waals surface area contributed by atoms with Crippen molar-refractivity contribution in [2.45, 2.75) is 15.2 Å². The molecule has 1 N–H and O–H groups in total. The Kier molecular flexibility index (Phi) is 5.41. The molecule has 0 fully saturated rings. The van der Waals surface area contributed by atoms with E-state index in [9.17, 15) is 0 Å². The van der Waals surface area contributed by atoms with Crippen molar-refractivity contribution in [1.29, 1.82) is 0 Å². The van der Waals surface area contributed by atoms with Crippen LogP contribution in [0.4, 0.5) is 11.4 Å². The van der Waals surface area contributed by atoms with Gasteiger partial charge in [0.1, 0.15) is 0 Å². The van der Waals surface area contributed by atoms with Gasteiger partial charge in [-0.1, -0.05) is 127 Å². The standard InChI is InChI=1S/C41H27NS/c1-2-10-29-25-30(18-17-27(29)9-1)28-19-21-31(22-20-28)42-32-23-24-40-38(26-32)41(37-15-7-8-16-39(37)43-40)35-13-5-3-11-33(35)34-12-4-6-14-36(34)41/h1-26,42H. The van der Waals surface area contributed by atoms with Gasteiger partial charge in [-0.2, -0.15) is 0 Å². The molecule has 2 heteroatoms. The molecule has 0 saturated carbocycles. The van der Waals surface area contributed by atoms with Gasteiger partial charge >= 0.3 is 0 Å². The van der Waals surface area contributed by atoms with E-state index in [1.165, 1.54) is 65.1 Å². The van der Waals surface area contributed by atoms with Crippen LogP contribution in [0, 0.1) is 0 Å². The zero-order valence-electron chi connectivity index (χ0n) is 23.4. The highest BCUT2D eigenvalue weighted by molar-refractivity contribution is 7.99. The van der Waals surface area contributed by atoms with E-state index in [0.717, 1.165) is 11.4 Å². The molecule has 0 saturated heterocycles. The van der Waals surface area contributed by atoms with Gasteiger partial charge < -0.3 is 5.32 Å². The van der Waals surface area contributed by atoms with Crippen LogP contribution in [0.15, 0.2) is 168 Å². The Labute approximate surface area is 255 Å². The third-order valence-electron chi connectivity index (χ3n) is 9.10. The molecule has 7 aromatic rings. The Morgan fingerprint density at radius 3 is 1.74 bits per heavy atom. The molecule has 202 valence electrons. The van der Waals surface area contributed by atoms with Crippen LogP contribution in [0.3, 0.4) is 0 Å². The number of anilines is 2. The summed E-state index contributed by atoms with van der Waals surface area (Å²) in [4.78, 5) is 2.63. The first-order valence-electron chi connectivity index (χ1n) is 14.8. The van der Waals surface area contributed by atoms with Gasteiger partial charge in [-0.05, 0) is 97.7 Å². The maximum absolute atomic E-state index is 3.73. The average Bonchev–Trinajstić information content (AvgIpc) is 3.36. The van der Waals surface area contributed by atoms with Crippen LogP contribution in [-0.4, -0.2) is 0 Å². The number of fused-ring (bicyclic) bond motifs is 10. The predicted octanol–water partition coefficient (Wildman–Crippen LogP) is 11.1. The molecule has 1 aliphatic carbocycles. The summed E-state index contributed by atoms with van der Waals surface area (Å²) in [5.74, 6) is 0. The highest BCUT2D eigenvalue weighted by atomic mass is 32.2. The first kappa shape index (κ1) is 24.5. The van der Waals surface area contributed by atoms with Gasteiger partial charge in [0.15, 0.2) is 0 Å². The van der Waals surface area contributed by atoms with Gasteiger partial charge in [0, 0.05) is 21.2 Å². The van der Waals surface area contributed by atoms with E-state index in [2.05, 4.69) is 163 Å². The van der Waals surface area contributed by atoms with Gasteiger partial charge in [0.05, 0.1) is 5.41 Å². The van der Waals surface area contributed by atoms with Crippen molar-refractivity contribution < 1.29 is 0 Å². The topological polar surface area (TPSA) is 12.0 Å². The zero-order chi connectivity index (χ0) is 28.4. The average molecular weight is 566 g/mol. The molecule has 0 bridgehead atoms. The van der Waals surface area contributed by atoms with Crippen LogP contribution in [0.2, 0.25) is 0 Å². The summed E-state index contributed by atoms with van der Waals surface area (Å²) in [6.07, 6.45) is 0. The highest BCUT2D eigenvalue weighted by Crippen LogP contribution is 2.62. The van der Waals surface area contributed by atoms with Crippen molar-refractivity contribution in [3.8, 4) is 22.3 Å². The lowest BCUT2D eigenvalue weighted by molar-refractivity contribution is 0.723. The third kappa shape index (κ3) is 3.67. The van der Waals surface area contributed by atoms with Gasteiger partial charge in [-0.25, -0.2) is 0 Å². The molecule has 1 nitrogen and oxygen atoms in total. The van der Waals surface area contributed by atoms with Gasteiger partial charge in [0.2, 0.25) is 0 Å². The minimum Gasteiger partial charge on any atom is -0.356 e. The fraction of sp³-hybridized carbons (Fsp3) is 0.0244. The molecule has 1 aliphatic heterocycles. The summed E-state index contributed by atoms with van der Waals surface area (Å²) in [5.41, 5.74) is 12.3. The molecule has 2 aliphatic rings. The maximum atomic E-state index is 3.73. The van der Waals surface area contributed by atoms with Gasteiger partial charge in [0.25, 0.3) is 0 Å². The first-order chi connectivity index (χ1) is 21.3. The third-order valence-corrected chi connectivity index (χ3v) is 10.3. The Morgan fingerprint density at radius 2 is 0.977 bits per heavy atom. The fourth-order valence-electron chi connectivity index (χ4n) is 7.22. The van der Waals surface area contributed by atoms with Crippen molar-refractivity contribution in [2.24, 2.45) is 0 Å². The molecule has 0 atom stereocenters. The Morgan fingerprint density at radius 1 is 0.395 bits per heavy atom. The molecular weight excluding hydrogens is 539 g/mol. The lowest BCUT2D eigenvalue weighted by Crippen LogP contribution is -2.32. The zero-order valence-corrected chi connectivity index (χ0v) is 24.2. The summed E-state index contributed by atoms with van der Waals surface area (Å²) in [6.45, 7) is 0. The number of nitrogens with one attached hydrogen (secondary N) is 1. The summed E-state index contributed by atoms with van der Waals surface area (Å²) < 4.78 is 0. The second-order valence-electron chi connectivity index (χ2n) is 11.4. The maximum Gasteiger partial charge on any atom is 0.0736 e. The highest BCUT2D eigenvalue weighted by Gasteiger charge is 2.50. The van der Waals surface area contributed by atoms with Crippen LogP contribution in [0.25, 0.3) is 33.0 Å². The molecule has 7 aromatic carbocycles. The monoisotopic (exact) mass is 565 g/mol. The largest absolute Gasteiger partial charge is 0.356 e. The number of benzene rings is 7. The second-order valence-corrected chi connectivity index (χ2v) is 12.5. The van der Waals surface area contributed by atoms with Crippen LogP contribution in [0.1, 0.15) is 22.3 Å². The lowest BCUT2D eigenvalue weighted by atomic mass is 9.67. The number of rotatable bonds is 3. The summed E-state index contributed by atoms with van der Waals surface area (Å²) in [6, 6.07) is 57.8. The summed E-state index contributed by atoms with van der Waals surface area (Å²) in [5, 5.41) is 6.26. The molecule has 1 heterocycles. The molecule has 9 rings (SSSR count). The van der Waals surface area contributed by atoms with E-state index < -0.39 is 0 Å². The van der Waals surface area contributed by atoms with Crippen LogP contribution < -0.4 is 5.32 Å². The SMILES string of the molecule is c1ccc2c(c1)Sc1ccc(Nc3ccc(-c4ccc5ccccc5c4)cc3)cc1C21c2ccccc2-c2ccccc21. The molecule has 0 aromatic heterocycles. The predicted molar refractivity (Wildman–Crippen MR) is 181 cm³/mol.